The summed E-state index contributed by atoms with van der Waals surface area (Å²) in [6.07, 6.45) is 3.94. The van der Waals surface area contributed by atoms with Gasteiger partial charge in [-0.25, -0.2) is 4.98 Å². The number of rotatable bonds is 4. The Morgan fingerprint density at radius 3 is 2.40 bits per heavy atom. The Kier molecular flexibility index (Phi) is 6.94. The third kappa shape index (κ3) is 5.29. The fourth-order valence-electron chi connectivity index (χ4n) is 3.19. The van der Waals surface area contributed by atoms with Crippen molar-refractivity contribution >= 4 is 12.2 Å². The molecular weight excluding hydrogens is 318 g/mol. The van der Waals surface area contributed by atoms with Gasteiger partial charge in [-0.1, -0.05) is 17.7 Å². The zero-order valence-electron chi connectivity index (χ0n) is 15.1. The van der Waals surface area contributed by atoms with Crippen molar-refractivity contribution in [3.63, 3.8) is 0 Å². The zero-order valence-corrected chi connectivity index (χ0v) is 15.1. The van der Waals surface area contributed by atoms with Gasteiger partial charge in [-0.3, -0.25) is 9.48 Å². The number of aryl methyl sites for hydroxylation is 2. The molecule has 0 saturated carbocycles. The van der Waals surface area contributed by atoms with E-state index < -0.39 is 0 Å². The lowest BCUT2D eigenvalue weighted by Gasteiger charge is -2.35. The summed E-state index contributed by atoms with van der Waals surface area (Å²) in [4.78, 5) is 15.2. The van der Waals surface area contributed by atoms with Gasteiger partial charge in [0.05, 0.1) is 6.04 Å². The molecule has 7 heteroatoms. The summed E-state index contributed by atoms with van der Waals surface area (Å²) >= 11 is 0. The number of nitrogens with zero attached hydrogens (tertiary/aromatic N) is 4. The Bertz CT molecular complexity index is 648. The number of piperidine rings is 1. The molecule has 1 aromatic carbocycles. The quantitative estimate of drug-likeness (QED) is 0.826. The van der Waals surface area contributed by atoms with E-state index in [4.69, 9.17) is 9.90 Å². The number of carboxylic acid groups (broad SMARTS) is 1. The molecule has 0 spiro atoms. The molecular formula is C18H27N5O2. The zero-order chi connectivity index (χ0) is 18.2. The van der Waals surface area contributed by atoms with E-state index >= 15 is 0 Å². The SMILES string of the molecule is Cc1ccc(N2CCC(NC(C)c3ncnn3C)CC2)cc1.O=CO. The fourth-order valence-corrected chi connectivity index (χ4v) is 3.19. The Morgan fingerprint density at radius 1 is 1.28 bits per heavy atom. The van der Waals surface area contributed by atoms with Crippen molar-refractivity contribution in [2.45, 2.75) is 38.8 Å². The first-order valence-electron chi connectivity index (χ1n) is 8.54. The lowest BCUT2D eigenvalue weighted by molar-refractivity contribution is -0.122. The third-order valence-corrected chi connectivity index (χ3v) is 4.51. The first kappa shape index (κ1) is 18.9. The van der Waals surface area contributed by atoms with Crippen LogP contribution in [-0.4, -0.2) is 45.5 Å². The van der Waals surface area contributed by atoms with Crippen molar-refractivity contribution in [2.24, 2.45) is 7.05 Å². The van der Waals surface area contributed by atoms with E-state index in [9.17, 15) is 0 Å². The van der Waals surface area contributed by atoms with Crippen molar-refractivity contribution in [1.29, 1.82) is 0 Å². The van der Waals surface area contributed by atoms with E-state index in [0.29, 0.717) is 6.04 Å². The molecule has 1 aliphatic heterocycles. The molecule has 1 aromatic heterocycles. The van der Waals surface area contributed by atoms with Gasteiger partial charge in [-0.15, -0.1) is 0 Å². The molecule has 0 aliphatic carbocycles. The molecule has 1 fully saturated rings. The molecule has 1 atom stereocenters. The molecule has 0 radical (unpaired) electrons. The van der Waals surface area contributed by atoms with Crippen LogP contribution in [-0.2, 0) is 11.8 Å². The van der Waals surface area contributed by atoms with Gasteiger partial charge in [-0.05, 0) is 38.8 Å². The van der Waals surface area contributed by atoms with Gasteiger partial charge < -0.3 is 15.3 Å². The third-order valence-electron chi connectivity index (χ3n) is 4.51. The predicted octanol–water partition coefficient (Wildman–Crippen LogP) is 2.14. The second-order valence-corrected chi connectivity index (χ2v) is 6.33. The molecule has 1 saturated heterocycles. The summed E-state index contributed by atoms with van der Waals surface area (Å²) in [7, 11) is 1.94. The molecule has 1 aliphatic rings. The Hall–Kier alpha value is -2.41. The average Bonchev–Trinajstić information content (AvgIpc) is 3.03. The van der Waals surface area contributed by atoms with Crippen LogP contribution in [0.2, 0.25) is 0 Å². The van der Waals surface area contributed by atoms with E-state index in [1.165, 1.54) is 11.3 Å². The number of carbonyl (C=O) groups is 1. The van der Waals surface area contributed by atoms with Crippen LogP contribution in [0.3, 0.4) is 0 Å². The molecule has 2 N–H and O–H groups in total. The van der Waals surface area contributed by atoms with E-state index in [-0.39, 0.29) is 12.5 Å². The van der Waals surface area contributed by atoms with Crippen molar-refractivity contribution in [2.75, 3.05) is 18.0 Å². The highest BCUT2D eigenvalue weighted by atomic mass is 16.3. The van der Waals surface area contributed by atoms with Crippen LogP contribution >= 0.6 is 0 Å². The van der Waals surface area contributed by atoms with Gasteiger partial charge in [0, 0.05) is 31.9 Å². The topological polar surface area (TPSA) is 83.3 Å². The summed E-state index contributed by atoms with van der Waals surface area (Å²) in [5, 5.41) is 14.7. The summed E-state index contributed by atoms with van der Waals surface area (Å²) < 4.78 is 1.85. The smallest absolute Gasteiger partial charge is 0.290 e. The summed E-state index contributed by atoms with van der Waals surface area (Å²) in [5.41, 5.74) is 2.66. The molecule has 1 unspecified atom stereocenters. The number of anilines is 1. The van der Waals surface area contributed by atoms with Crippen molar-refractivity contribution in [1.82, 2.24) is 20.1 Å². The summed E-state index contributed by atoms with van der Waals surface area (Å²) in [5.74, 6) is 1.00. The average molecular weight is 345 g/mol. The van der Waals surface area contributed by atoms with E-state index in [2.05, 4.69) is 58.4 Å². The minimum absolute atomic E-state index is 0.239. The molecule has 2 aromatic rings. The molecule has 2 heterocycles. The number of hydrogen-bond donors (Lipinski definition) is 2. The predicted molar refractivity (Wildman–Crippen MR) is 97.7 cm³/mol. The fraction of sp³-hybridized carbons (Fsp3) is 0.500. The van der Waals surface area contributed by atoms with E-state index in [1.54, 1.807) is 6.33 Å². The van der Waals surface area contributed by atoms with Crippen LogP contribution in [0.5, 0.6) is 0 Å². The molecule has 25 heavy (non-hydrogen) atoms. The Balaban J connectivity index is 0.000000701. The molecule has 0 bridgehead atoms. The van der Waals surface area contributed by atoms with Crippen LogP contribution in [0.4, 0.5) is 5.69 Å². The second-order valence-electron chi connectivity index (χ2n) is 6.33. The van der Waals surface area contributed by atoms with Gasteiger partial charge in [0.1, 0.15) is 12.2 Å². The van der Waals surface area contributed by atoms with Crippen LogP contribution in [0.25, 0.3) is 0 Å². The van der Waals surface area contributed by atoms with Crippen LogP contribution in [0.1, 0.15) is 37.2 Å². The monoisotopic (exact) mass is 345 g/mol. The highest BCUT2D eigenvalue weighted by molar-refractivity contribution is 5.47. The molecule has 7 nitrogen and oxygen atoms in total. The first-order valence-corrected chi connectivity index (χ1v) is 8.54. The lowest BCUT2D eigenvalue weighted by atomic mass is 10.0. The maximum absolute atomic E-state index is 8.36. The Labute approximate surface area is 148 Å². The summed E-state index contributed by atoms with van der Waals surface area (Å²) in [6.45, 7) is 6.25. The van der Waals surface area contributed by atoms with Gasteiger partial charge in [0.15, 0.2) is 0 Å². The minimum Gasteiger partial charge on any atom is -0.483 e. The number of hydrogen-bond acceptors (Lipinski definition) is 5. The molecule has 136 valence electrons. The van der Waals surface area contributed by atoms with Crippen LogP contribution < -0.4 is 10.2 Å². The summed E-state index contributed by atoms with van der Waals surface area (Å²) in [6, 6.07) is 9.62. The van der Waals surface area contributed by atoms with E-state index in [1.807, 2.05) is 11.7 Å². The van der Waals surface area contributed by atoms with Crippen LogP contribution in [0.15, 0.2) is 30.6 Å². The van der Waals surface area contributed by atoms with Crippen molar-refractivity contribution in [3.05, 3.63) is 42.0 Å². The number of aromatic nitrogens is 3. The van der Waals surface area contributed by atoms with Crippen LogP contribution in [0, 0.1) is 6.92 Å². The standard InChI is InChI=1S/C17H25N5.CH2O2/c1-13-4-6-16(7-5-13)22-10-8-15(9-11-22)20-14(2)17-18-12-19-21(17)3;2-1-3/h4-7,12,14-15,20H,8-11H2,1-3H3;1H,(H,2,3). The van der Waals surface area contributed by atoms with Crippen molar-refractivity contribution < 1.29 is 9.90 Å². The van der Waals surface area contributed by atoms with E-state index in [0.717, 1.165) is 31.8 Å². The number of nitrogens with one attached hydrogen (secondary N) is 1. The largest absolute Gasteiger partial charge is 0.483 e. The van der Waals surface area contributed by atoms with Gasteiger partial charge in [0.2, 0.25) is 0 Å². The lowest BCUT2D eigenvalue weighted by Crippen LogP contribution is -2.43. The maximum Gasteiger partial charge on any atom is 0.290 e. The highest BCUT2D eigenvalue weighted by Crippen LogP contribution is 2.21. The first-order chi connectivity index (χ1) is 12.0. The second kappa shape index (κ2) is 9.17. The van der Waals surface area contributed by atoms with Gasteiger partial charge in [-0.2, -0.15) is 5.10 Å². The maximum atomic E-state index is 8.36. The van der Waals surface area contributed by atoms with Crippen molar-refractivity contribution in [3.8, 4) is 0 Å². The molecule has 3 rings (SSSR count). The van der Waals surface area contributed by atoms with Gasteiger partial charge >= 0.3 is 0 Å². The normalized spacial score (nSPS) is 16.0. The highest BCUT2D eigenvalue weighted by Gasteiger charge is 2.22. The Morgan fingerprint density at radius 2 is 1.88 bits per heavy atom. The molecule has 0 amide bonds. The minimum atomic E-state index is -0.250. The number of benzene rings is 1. The van der Waals surface area contributed by atoms with Gasteiger partial charge in [0.25, 0.3) is 6.47 Å².